The smallest absolute Gasteiger partial charge is 0.328 e. The van der Waals surface area contributed by atoms with Crippen molar-refractivity contribution in [3.05, 3.63) is 35.4 Å². The number of benzene rings is 1. The lowest BCUT2D eigenvalue weighted by Crippen LogP contribution is -2.41. The number of rotatable bonds is 5. The number of ether oxygens (including phenoxy) is 1. The molecule has 0 heterocycles. The number of esters is 1. The molecule has 0 aliphatic rings. The fourth-order valence-corrected chi connectivity index (χ4v) is 1.83. The number of alkyl halides is 1. The number of amides is 1. The predicted molar refractivity (Wildman–Crippen MR) is 72.6 cm³/mol. The Morgan fingerprint density at radius 2 is 1.94 bits per heavy atom. The zero-order valence-corrected chi connectivity index (χ0v) is 12.0. The highest BCUT2D eigenvalue weighted by Gasteiger charge is 2.19. The zero-order valence-electron chi connectivity index (χ0n) is 10.4. The van der Waals surface area contributed by atoms with Crippen LogP contribution < -0.4 is 5.32 Å². The molecular formula is C13H16BrNO3. The Balaban J connectivity index is 2.71. The first-order valence-corrected chi connectivity index (χ1v) is 6.78. The van der Waals surface area contributed by atoms with Crippen molar-refractivity contribution in [3.63, 3.8) is 0 Å². The van der Waals surface area contributed by atoms with Crippen molar-refractivity contribution in [2.45, 2.75) is 24.7 Å². The van der Waals surface area contributed by atoms with Crippen molar-refractivity contribution in [2.75, 3.05) is 7.11 Å². The van der Waals surface area contributed by atoms with Gasteiger partial charge in [0.1, 0.15) is 6.04 Å². The van der Waals surface area contributed by atoms with Gasteiger partial charge in [0.2, 0.25) is 0 Å². The van der Waals surface area contributed by atoms with Crippen molar-refractivity contribution in [1.82, 2.24) is 5.32 Å². The molecule has 0 aliphatic carbocycles. The van der Waals surface area contributed by atoms with Gasteiger partial charge in [0.05, 0.1) is 7.11 Å². The molecule has 1 amide bonds. The minimum Gasteiger partial charge on any atom is -0.467 e. The van der Waals surface area contributed by atoms with E-state index in [1.54, 1.807) is 12.1 Å². The molecular weight excluding hydrogens is 298 g/mol. The second-order valence-corrected chi connectivity index (χ2v) is 4.35. The number of carbonyl (C=O) groups is 2. The van der Waals surface area contributed by atoms with Crippen molar-refractivity contribution in [1.29, 1.82) is 0 Å². The van der Waals surface area contributed by atoms with Crippen molar-refractivity contribution in [3.8, 4) is 0 Å². The Bertz CT molecular complexity index is 417. The van der Waals surface area contributed by atoms with Crippen LogP contribution >= 0.6 is 15.9 Å². The average Bonchev–Trinajstić information content (AvgIpc) is 2.43. The first kappa shape index (κ1) is 14.7. The van der Waals surface area contributed by atoms with Crippen LogP contribution in [0.3, 0.4) is 0 Å². The summed E-state index contributed by atoms with van der Waals surface area (Å²) in [5.74, 6) is -0.698. The Kier molecular flexibility index (Phi) is 5.85. The van der Waals surface area contributed by atoms with Gasteiger partial charge >= 0.3 is 5.97 Å². The summed E-state index contributed by atoms with van der Waals surface area (Å²) in [6.45, 7) is 1.82. The first-order valence-electron chi connectivity index (χ1n) is 5.66. The van der Waals surface area contributed by atoms with Crippen LogP contribution in [0.25, 0.3) is 0 Å². The molecule has 1 atom stereocenters. The van der Waals surface area contributed by atoms with Crippen LogP contribution in [0.4, 0.5) is 0 Å². The fraction of sp³-hybridized carbons (Fsp3) is 0.385. The minimum absolute atomic E-state index is 0.270. The van der Waals surface area contributed by atoms with E-state index in [0.29, 0.717) is 12.0 Å². The van der Waals surface area contributed by atoms with Gasteiger partial charge in [0.15, 0.2) is 0 Å². The molecule has 0 aliphatic heterocycles. The summed E-state index contributed by atoms with van der Waals surface area (Å²) in [5.41, 5.74) is 1.62. The molecule has 1 aromatic rings. The quantitative estimate of drug-likeness (QED) is 0.670. The zero-order chi connectivity index (χ0) is 13.5. The maximum atomic E-state index is 11.9. The number of hydrogen-bond acceptors (Lipinski definition) is 3. The van der Waals surface area contributed by atoms with Gasteiger partial charge in [-0.3, -0.25) is 4.79 Å². The number of carbonyl (C=O) groups excluding carboxylic acids is 2. The van der Waals surface area contributed by atoms with E-state index in [1.165, 1.54) is 7.11 Å². The third-order valence-corrected chi connectivity index (χ3v) is 3.22. The first-order chi connectivity index (χ1) is 8.62. The van der Waals surface area contributed by atoms with E-state index in [-0.39, 0.29) is 5.91 Å². The molecule has 4 nitrogen and oxygen atoms in total. The molecule has 0 aromatic heterocycles. The molecule has 0 unspecified atom stereocenters. The monoisotopic (exact) mass is 313 g/mol. The van der Waals surface area contributed by atoms with Crippen LogP contribution in [0.5, 0.6) is 0 Å². The second-order valence-electron chi connectivity index (χ2n) is 3.79. The molecule has 1 N–H and O–H groups in total. The number of nitrogens with one attached hydrogen (secondary N) is 1. The second kappa shape index (κ2) is 7.16. The van der Waals surface area contributed by atoms with E-state index in [0.717, 1.165) is 10.9 Å². The van der Waals surface area contributed by atoms with E-state index < -0.39 is 12.0 Å². The fourth-order valence-electron chi connectivity index (χ4n) is 1.46. The number of methoxy groups -OCH3 is 1. The maximum Gasteiger partial charge on any atom is 0.328 e. The Labute approximate surface area is 115 Å². The molecule has 5 heteroatoms. The maximum absolute atomic E-state index is 11.9. The van der Waals surface area contributed by atoms with Crippen molar-refractivity contribution >= 4 is 27.8 Å². The summed E-state index contributed by atoms with van der Waals surface area (Å²) < 4.78 is 4.62. The molecule has 1 rings (SSSR count). The van der Waals surface area contributed by atoms with Gasteiger partial charge in [-0.25, -0.2) is 4.79 Å². The van der Waals surface area contributed by atoms with E-state index >= 15 is 0 Å². The van der Waals surface area contributed by atoms with Crippen LogP contribution in [0, 0.1) is 0 Å². The van der Waals surface area contributed by atoms with E-state index in [9.17, 15) is 9.59 Å². The highest BCUT2D eigenvalue weighted by molar-refractivity contribution is 9.08. The molecule has 0 saturated heterocycles. The van der Waals surface area contributed by atoms with Gasteiger partial charge in [-0.05, 0) is 24.1 Å². The standard InChI is InChI=1S/C13H16BrNO3/c1-3-11(13(17)18-2)15-12(16)10-6-4-9(8-14)5-7-10/h4-7,11H,3,8H2,1-2H3,(H,15,16)/t11-/m0/s1. The third kappa shape index (κ3) is 3.84. The van der Waals surface area contributed by atoms with E-state index in [2.05, 4.69) is 26.0 Å². The van der Waals surface area contributed by atoms with E-state index in [1.807, 2.05) is 19.1 Å². The molecule has 0 bridgehead atoms. The SMILES string of the molecule is CC[C@H](NC(=O)c1ccc(CBr)cc1)C(=O)OC. The van der Waals surface area contributed by atoms with Crippen LogP contribution in [-0.2, 0) is 14.9 Å². The average molecular weight is 314 g/mol. The number of halogens is 1. The van der Waals surface area contributed by atoms with Crippen LogP contribution in [0.15, 0.2) is 24.3 Å². The van der Waals surface area contributed by atoms with Crippen molar-refractivity contribution < 1.29 is 14.3 Å². The molecule has 0 fully saturated rings. The van der Waals surface area contributed by atoms with Crippen LogP contribution in [0.1, 0.15) is 29.3 Å². The van der Waals surface area contributed by atoms with Gasteiger partial charge in [-0.2, -0.15) is 0 Å². The number of hydrogen-bond donors (Lipinski definition) is 1. The molecule has 98 valence electrons. The lowest BCUT2D eigenvalue weighted by atomic mass is 10.1. The van der Waals surface area contributed by atoms with E-state index in [4.69, 9.17) is 0 Å². The van der Waals surface area contributed by atoms with Gasteiger partial charge in [0.25, 0.3) is 5.91 Å². The van der Waals surface area contributed by atoms with Crippen LogP contribution in [-0.4, -0.2) is 25.0 Å². The van der Waals surface area contributed by atoms with Gasteiger partial charge in [-0.15, -0.1) is 0 Å². The summed E-state index contributed by atoms with van der Waals surface area (Å²) in [4.78, 5) is 23.3. The lowest BCUT2D eigenvalue weighted by molar-refractivity contribution is -0.142. The highest BCUT2D eigenvalue weighted by atomic mass is 79.9. The molecule has 18 heavy (non-hydrogen) atoms. The summed E-state index contributed by atoms with van der Waals surface area (Å²) >= 11 is 3.34. The topological polar surface area (TPSA) is 55.4 Å². The summed E-state index contributed by atoms with van der Waals surface area (Å²) in [6.07, 6.45) is 0.498. The largest absolute Gasteiger partial charge is 0.467 e. The Hall–Kier alpha value is -1.36. The molecule has 1 aromatic carbocycles. The summed E-state index contributed by atoms with van der Waals surface area (Å²) in [5, 5.41) is 3.39. The Morgan fingerprint density at radius 3 is 2.39 bits per heavy atom. The van der Waals surface area contributed by atoms with Gasteiger partial charge < -0.3 is 10.1 Å². The summed E-state index contributed by atoms with van der Waals surface area (Å²) in [7, 11) is 1.31. The lowest BCUT2D eigenvalue weighted by Gasteiger charge is -2.14. The van der Waals surface area contributed by atoms with Crippen molar-refractivity contribution in [2.24, 2.45) is 0 Å². The molecule has 0 radical (unpaired) electrons. The molecule has 0 spiro atoms. The van der Waals surface area contributed by atoms with Crippen LogP contribution in [0.2, 0.25) is 0 Å². The Morgan fingerprint density at radius 1 is 1.33 bits per heavy atom. The predicted octanol–water partition coefficient (Wildman–Crippen LogP) is 2.26. The molecule has 0 saturated carbocycles. The van der Waals surface area contributed by atoms with Gasteiger partial charge in [-0.1, -0.05) is 35.0 Å². The highest BCUT2D eigenvalue weighted by Crippen LogP contribution is 2.08. The normalized spacial score (nSPS) is 11.7. The van der Waals surface area contributed by atoms with Gasteiger partial charge in [0, 0.05) is 10.9 Å². The summed E-state index contributed by atoms with van der Waals surface area (Å²) in [6, 6.07) is 6.59. The minimum atomic E-state index is -0.599. The third-order valence-electron chi connectivity index (χ3n) is 2.57.